The average Bonchev–Trinajstić information content (AvgIpc) is 2.18. The Bertz CT molecular complexity index is 604. The first kappa shape index (κ1) is 13.9. The van der Waals surface area contributed by atoms with Gasteiger partial charge in [0.05, 0.1) is 0 Å². The maximum atomic E-state index is 11.7. The summed E-state index contributed by atoms with van der Waals surface area (Å²) in [6.45, 7) is 3.76. The minimum absolute atomic E-state index is 0. The standard InChI is InChI=1S/C11H13N3O.Rb/c1-5-6(2)14-11(15)9-7(5)3-4-8(12)10(9)13;/h3-4H,12H2,1-2H3,(H3,13,14,15);/q;+1/p-1. The first-order valence-electron chi connectivity index (χ1n) is 4.65. The maximum Gasteiger partial charge on any atom is 1.00 e. The van der Waals surface area contributed by atoms with Gasteiger partial charge in [-0.25, -0.2) is 0 Å². The summed E-state index contributed by atoms with van der Waals surface area (Å²) in [5.41, 5.74) is 15.4. The second-order valence-corrected chi connectivity index (χ2v) is 3.66. The molecule has 0 unspecified atom stereocenters. The number of hydrogen-bond donors (Lipinski definition) is 2. The van der Waals surface area contributed by atoms with E-state index in [4.69, 9.17) is 11.5 Å². The summed E-state index contributed by atoms with van der Waals surface area (Å²) in [7, 11) is 0. The topological polar surface area (TPSA) is 82.7 Å². The summed E-state index contributed by atoms with van der Waals surface area (Å²) >= 11 is 0. The molecule has 4 N–H and O–H groups in total. The molecule has 0 bridgehead atoms. The van der Waals surface area contributed by atoms with E-state index in [-0.39, 0.29) is 69.4 Å². The van der Waals surface area contributed by atoms with Gasteiger partial charge >= 0.3 is 58.2 Å². The summed E-state index contributed by atoms with van der Waals surface area (Å²) < 4.78 is 0. The number of rotatable bonds is 0. The second kappa shape index (κ2) is 5.00. The van der Waals surface area contributed by atoms with Gasteiger partial charge in [0.1, 0.15) is 0 Å². The zero-order chi connectivity index (χ0) is 11.2. The van der Waals surface area contributed by atoms with E-state index in [9.17, 15) is 4.79 Å². The van der Waals surface area contributed by atoms with Crippen molar-refractivity contribution in [2.24, 2.45) is 0 Å². The van der Waals surface area contributed by atoms with Crippen molar-refractivity contribution in [1.82, 2.24) is 4.98 Å². The summed E-state index contributed by atoms with van der Waals surface area (Å²) in [4.78, 5) is 14.4. The molecule has 78 valence electrons. The van der Waals surface area contributed by atoms with Gasteiger partial charge in [0.15, 0.2) is 0 Å². The largest absolute Gasteiger partial charge is 1.00 e. The molecule has 0 aliphatic carbocycles. The fourth-order valence-corrected chi connectivity index (χ4v) is 1.70. The van der Waals surface area contributed by atoms with Crippen molar-refractivity contribution in [3.05, 3.63) is 39.5 Å². The van der Waals surface area contributed by atoms with Gasteiger partial charge in [-0.2, -0.15) is 0 Å². The molecule has 0 aliphatic heterocycles. The molecule has 0 amide bonds. The molecule has 1 heterocycles. The number of hydrogen-bond acceptors (Lipinski definition) is 2. The first-order chi connectivity index (χ1) is 7.02. The fraction of sp³-hybridized carbons (Fsp3) is 0.182. The van der Waals surface area contributed by atoms with Crippen molar-refractivity contribution in [2.75, 3.05) is 5.73 Å². The number of aromatic amines is 1. The van der Waals surface area contributed by atoms with E-state index in [0.29, 0.717) is 11.1 Å². The SMILES string of the molecule is Cc1[nH]c(=O)c2c([NH-])c(N)ccc2c1C.[Rb+]. The molecule has 16 heavy (non-hydrogen) atoms. The number of anilines is 1. The van der Waals surface area contributed by atoms with Gasteiger partial charge < -0.3 is 16.5 Å². The normalized spacial score (nSPS) is 10.1. The Morgan fingerprint density at radius 1 is 1.31 bits per heavy atom. The Morgan fingerprint density at radius 2 is 1.94 bits per heavy atom. The van der Waals surface area contributed by atoms with Crippen LogP contribution in [0.15, 0.2) is 16.9 Å². The van der Waals surface area contributed by atoms with Crippen LogP contribution in [0.2, 0.25) is 0 Å². The van der Waals surface area contributed by atoms with E-state index >= 15 is 0 Å². The van der Waals surface area contributed by atoms with E-state index < -0.39 is 0 Å². The van der Waals surface area contributed by atoms with Gasteiger partial charge in [-0.1, -0.05) is 6.07 Å². The molecule has 1 aromatic heterocycles. The van der Waals surface area contributed by atoms with Crippen molar-refractivity contribution in [3.63, 3.8) is 0 Å². The predicted octanol–water partition coefficient (Wildman–Crippen LogP) is -0.585. The predicted molar refractivity (Wildman–Crippen MR) is 62.4 cm³/mol. The number of fused-ring (bicyclic) bond motifs is 1. The third-order valence-electron chi connectivity index (χ3n) is 2.73. The third-order valence-corrected chi connectivity index (χ3v) is 2.73. The Hall–Kier alpha value is -0.165. The van der Waals surface area contributed by atoms with Crippen molar-refractivity contribution >= 4 is 22.1 Å². The number of nitrogens with one attached hydrogen (secondary N) is 2. The molecular weight excluding hydrogens is 276 g/mol. The van der Waals surface area contributed by atoms with Crippen molar-refractivity contribution in [1.29, 1.82) is 0 Å². The molecule has 5 heteroatoms. The van der Waals surface area contributed by atoms with Gasteiger partial charge in [-0.05, 0) is 30.9 Å². The Kier molecular flexibility index (Phi) is 4.34. The molecule has 0 radical (unpaired) electrons. The molecule has 1 aromatic carbocycles. The molecule has 2 rings (SSSR count). The average molecular weight is 288 g/mol. The molecular formula is C11H12N3ORb. The Balaban J connectivity index is 0.00000128. The van der Waals surface area contributed by atoms with Crippen molar-refractivity contribution in [2.45, 2.75) is 13.8 Å². The van der Waals surface area contributed by atoms with Crippen LogP contribution in [0, 0.1) is 13.8 Å². The van der Waals surface area contributed by atoms with Crippen LogP contribution in [-0.4, -0.2) is 4.98 Å². The summed E-state index contributed by atoms with van der Waals surface area (Å²) in [5.74, 6) is 0. The number of nitrogen functional groups attached to an aromatic ring is 1. The van der Waals surface area contributed by atoms with Crippen molar-refractivity contribution in [3.8, 4) is 0 Å². The zero-order valence-corrected chi connectivity index (χ0v) is 14.6. The van der Waals surface area contributed by atoms with E-state index in [2.05, 4.69) is 4.98 Å². The minimum Gasteiger partial charge on any atom is -0.696 e. The molecule has 0 atom stereocenters. The van der Waals surface area contributed by atoms with Gasteiger partial charge in [0.25, 0.3) is 5.56 Å². The number of H-pyrrole nitrogens is 1. The van der Waals surface area contributed by atoms with E-state index in [1.807, 2.05) is 13.8 Å². The van der Waals surface area contributed by atoms with Gasteiger partial charge in [0, 0.05) is 16.8 Å². The fourth-order valence-electron chi connectivity index (χ4n) is 1.70. The maximum absolute atomic E-state index is 11.7. The van der Waals surface area contributed by atoms with Gasteiger partial charge in [-0.15, -0.1) is 5.69 Å². The molecule has 0 fully saturated rings. The number of nitrogens with two attached hydrogens (primary N) is 1. The molecule has 0 aliphatic rings. The summed E-state index contributed by atoms with van der Waals surface area (Å²) in [5, 5.41) is 1.17. The van der Waals surface area contributed by atoms with Crippen LogP contribution in [0.1, 0.15) is 11.3 Å². The third kappa shape index (κ3) is 2.11. The Labute approximate surface area is 142 Å². The van der Waals surface area contributed by atoms with Gasteiger partial charge in [0.2, 0.25) is 0 Å². The quantitative estimate of drug-likeness (QED) is 0.635. The van der Waals surface area contributed by atoms with Crippen LogP contribution >= 0.6 is 0 Å². The van der Waals surface area contributed by atoms with Crippen LogP contribution in [0.5, 0.6) is 0 Å². The summed E-state index contributed by atoms with van der Waals surface area (Å²) in [6.07, 6.45) is 0. The number of benzene rings is 1. The van der Waals surface area contributed by atoms with Crippen LogP contribution < -0.4 is 69.5 Å². The van der Waals surface area contributed by atoms with Crippen LogP contribution in [0.3, 0.4) is 0 Å². The molecule has 2 aromatic rings. The first-order valence-corrected chi connectivity index (χ1v) is 4.65. The number of pyridine rings is 1. The van der Waals surface area contributed by atoms with E-state index in [1.165, 1.54) is 0 Å². The smallest absolute Gasteiger partial charge is 0.696 e. The van der Waals surface area contributed by atoms with Gasteiger partial charge in [-0.3, -0.25) is 4.79 Å². The van der Waals surface area contributed by atoms with Crippen LogP contribution in [0.25, 0.3) is 16.5 Å². The number of aromatic nitrogens is 1. The van der Waals surface area contributed by atoms with Crippen LogP contribution in [-0.2, 0) is 0 Å². The van der Waals surface area contributed by atoms with Crippen molar-refractivity contribution < 1.29 is 58.2 Å². The molecule has 0 spiro atoms. The zero-order valence-electron chi connectivity index (χ0n) is 9.64. The van der Waals surface area contributed by atoms with E-state index in [1.54, 1.807) is 12.1 Å². The Morgan fingerprint density at radius 3 is 2.56 bits per heavy atom. The molecule has 0 saturated heterocycles. The molecule has 4 nitrogen and oxygen atoms in total. The summed E-state index contributed by atoms with van der Waals surface area (Å²) in [6, 6.07) is 3.46. The van der Waals surface area contributed by atoms with Crippen LogP contribution in [0.4, 0.5) is 11.4 Å². The minimum atomic E-state index is -0.245. The second-order valence-electron chi connectivity index (χ2n) is 3.66. The van der Waals surface area contributed by atoms with E-state index in [0.717, 1.165) is 16.6 Å². The number of aryl methyl sites for hydroxylation is 2. The monoisotopic (exact) mass is 287 g/mol. The molecule has 0 saturated carbocycles.